The Kier molecular flexibility index (Phi) is 4.61. The molecule has 0 saturated heterocycles. The van der Waals surface area contributed by atoms with Crippen molar-refractivity contribution in [3.8, 4) is 0 Å². The highest BCUT2D eigenvalue weighted by molar-refractivity contribution is 9.10. The Balaban J connectivity index is 1.67. The van der Waals surface area contributed by atoms with E-state index in [-0.39, 0.29) is 6.04 Å². The van der Waals surface area contributed by atoms with Gasteiger partial charge in [0.25, 0.3) is 0 Å². The van der Waals surface area contributed by atoms with Gasteiger partial charge in [-0.25, -0.2) is 9.98 Å². The molecule has 3 rings (SSSR count). The van der Waals surface area contributed by atoms with Gasteiger partial charge in [0, 0.05) is 6.20 Å². The molecule has 1 aromatic heterocycles. The minimum atomic E-state index is 0.289. The second kappa shape index (κ2) is 6.44. The van der Waals surface area contributed by atoms with Crippen LogP contribution in [0.15, 0.2) is 21.7 Å². The van der Waals surface area contributed by atoms with Crippen LogP contribution >= 0.6 is 27.5 Å². The molecule has 3 nitrogen and oxygen atoms in total. The number of nitrogens with zero attached hydrogens (tertiary/aromatic N) is 2. The van der Waals surface area contributed by atoms with Crippen LogP contribution in [0.2, 0.25) is 5.02 Å². The van der Waals surface area contributed by atoms with Crippen LogP contribution in [-0.2, 0) is 4.74 Å². The molecule has 0 aromatic carbocycles. The summed E-state index contributed by atoms with van der Waals surface area (Å²) in [7, 11) is 0. The maximum absolute atomic E-state index is 5.91. The average molecular weight is 358 g/mol. The number of halogens is 2. The van der Waals surface area contributed by atoms with E-state index in [1.165, 1.54) is 32.1 Å². The maximum Gasteiger partial charge on any atom is 0.236 e. The second-order valence-corrected chi connectivity index (χ2v) is 6.91. The molecule has 0 amide bonds. The molecule has 2 heterocycles. The monoisotopic (exact) mass is 356 g/mol. The lowest BCUT2D eigenvalue weighted by molar-refractivity contribution is 0.267. The quantitative estimate of drug-likeness (QED) is 0.791. The first-order valence-corrected chi connectivity index (χ1v) is 8.41. The summed E-state index contributed by atoms with van der Waals surface area (Å²) in [5.41, 5.74) is 0.751. The van der Waals surface area contributed by atoms with E-state index in [2.05, 4.69) is 20.9 Å². The molecule has 1 fully saturated rings. The second-order valence-electron chi connectivity index (χ2n) is 5.62. The summed E-state index contributed by atoms with van der Waals surface area (Å²) in [6.07, 6.45) is 9.62. The molecule has 0 bridgehead atoms. The topological polar surface area (TPSA) is 34.5 Å². The van der Waals surface area contributed by atoms with Gasteiger partial charge in [-0.05, 0) is 34.3 Å². The Morgan fingerprint density at radius 2 is 2.10 bits per heavy atom. The molecule has 0 radical (unpaired) electrons. The van der Waals surface area contributed by atoms with E-state index < -0.39 is 0 Å². The number of aliphatic imine (C=N–C) groups is 1. The Labute approximate surface area is 132 Å². The van der Waals surface area contributed by atoms with Gasteiger partial charge in [-0.2, -0.15) is 0 Å². The molecule has 0 spiro atoms. The van der Waals surface area contributed by atoms with Crippen LogP contribution in [-0.4, -0.2) is 23.5 Å². The van der Waals surface area contributed by atoms with Crippen molar-refractivity contribution in [3.63, 3.8) is 0 Å². The molecule has 1 atom stereocenters. The van der Waals surface area contributed by atoms with E-state index in [0.29, 0.717) is 17.5 Å². The standard InChI is InChI=1S/C15H18BrClN2O/c16-13-7-11(17)8-18-14(13)15-19-12(9-20-15)6-10-4-2-1-3-5-10/h7-8,10,12H,1-6,9H2/t12-/m1/s1. The molecule has 1 aromatic rings. The number of hydrogen-bond acceptors (Lipinski definition) is 3. The first kappa shape index (κ1) is 14.3. The van der Waals surface area contributed by atoms with Gasteiger partial charge < -0.3 is 4.74 Å². The maximum atomic E-state index is 5.91. The molecule has 5 heteroatoms. The zero-order chi connectivity index (χ0) is 13.9. The third-order valence-corrected chi connectivity index (χ3v) is 4.86. The van der Waals surface area contributed by atoms with Crippen LogP contribution in [0.3, 0.4) is 0 Å². The summed E-state index contributed by atoms with van der Waals surface area (Å²) in [6, 6.07) is 2.11. The Bertz CT molecular complexity index is 515. The summed E-state index contributed by atoms with van der Waals surface area (Å²) in [6.45, 7) is 0.683. The van der Waals surface area contributed by atoms with Crippen molar-refractivity contribution in [2.45, 2.75) is 44.6 Å². The van der Waals surface area contributed by atoms with Crippen molar-refractivity contribution in [3.05, 3.63) is 27.5 Å². The SMILES string of the molecule is Clc1cnc(C2=N[C@H](CC3CCCCC3)CO2)c(Br)c1. The third-order valence-electron chi connectivity index (χ3n) is 4.05. The Hall–Kier alpha value is -0.610. The molecular weight excluding hydrogens is 340 g/mol. The molecule has 2 aliphatic rings. The van der Waals surface area contributed by atoms with Gasteiger partial charge in [-0.1, -0.05) is 43.7 Å². The largest absolute Gasteiger partial charge is 0.474 e. The molecule has 108 valence electrons. The van der Waals surface area contributed by atoms with Gasteiger partial charge in [0.2, 0.25) is 5.90 Å². The zero-order valence-corrected chi connectivity index (χ0v) is 13.7. The van der Waals surface area contributed by atoms with Crippen LogP contribution in [0.25, 0.3) is 0 Å². The normalized spacial score (nSPS) is 23.5. The van der Waals surface area contributed by atoms with Crippen LogP contribution in [0.1, 0.15) is 44.2 Å². The number of hydrogen-bond donors (Lipinski definition) is 0. The highest BCUT2D eigenvalue weighted by Crippen LogP contribution is 2.30. The zero-order valence-electron chi connectivity index (χ0n) is 11.3. The molecule has 1 aliphatic heterocycles. The molecule has 1 aliphatic carbocycles. The Morgan fingerprint density at radius 3 is 2.85 bits per heavy atom. The highest BCUT2D eigenvalue weighted by atomic mass is 79.9. The lowest BCUT2D eigenvalue weighted by Gasteiger charge is -2.22. The third kappa shape index (κ3) is 3.34. The molecule has 0 N–H and O–H groups in total. The smallest absolute Gasteiger partial charge is 0.236 e. The van der Waals surface area contributed by atoms with Crippen LogP contribution < -0.4 is 0 Å². The molecule has 20 heavy (non-hydrogen) atoms. The first-order valence-electron chi connectivity index (χ1n) is 7.24. The lowest BCUT2D eigenvalue weighted by atomic mass is 9.85. The van der Waals surface area contributed by atoms with Crippen molar-refractivity contribution >= 4 is 33.4 Å². The molecule has 0 unspecified atom stereocenters. The number of rotatable bonds is 3. The number of pyridine rings is 1. The van der Waals surface area contributed by atoms with Crippen molar-refractivity contribution in [2.75, 3.05) is 6.61 Å². The van der Waals surface area contributed by atoms with Gasteiger partial charge in [0.1, 0.15) is 12.3 Å². The summed E-state index contributed by atoms with van der Waals surface area (Å²) in [4.78, 5) is 9.01. The van der Waals surface area contributed by atoms with Gasteiger partial charge in [-0.15, -0.1) is 0 Å². The van der Waals surface area contributed by atoms with E-state index in [9.17, 15) is 0 Å². The van der Waals surface area contributed by atoms with Crippen LogP contribution in [0, 0.1) is 5.92 Å². The van der Waals surface area contributed by atoms with Gasteiger partial charge in [-0.3, -0.25) is 0 Å². The summed E-state index contributed by atoms with van der Waals surface area (Å²) >= 11 is 9.38. The fourth-order valence-electron chi connectivity index (χ4n) is 3.05. The van der Waals surface area contributed by atoms with E-state index in [1.807, 2.05) is 6.07 Å². The van der Waals surface area contributed by atoms with E-state index in [4.69, 9.17) is 21.3 Å². The average Bonchev–Trinajstić information content (AvgIpc) is 2.88. The summed E-state index contributed by atoms with van der Waals surface area (Å²) in [5, 5.41) is 0.609. The fraction of sp³-hybridized carbons (Fsp3) is 0.600. The highest BCUT2D eigenvalue weighted by Gasteiger charge is 2.26. The van der Waals surface area contributed by atoms with Crippen molar-refractivity contribution in [1.29, 1.82) is 0 Å². The minimum absolute atomic E-state index is 0.289. The predicted molar refractivity (Wildman–Crippen MR) is 84.4 cm³/mol. The molecule has 1 saturated carbocycles. The summed E-state index contributed by atoms with van der Waals surface area (Å²) in [5.74, 6) is 1.47. The number of aromatic nitrogens is 1. The van der Waals surface area contributed by atoms with Gasteiger partial charge in [0.15, 0.2) is 0 Å². The van der Waals surface area contributed by atoms with Gasteiger partial charge in [0.05, 0.1) is 15.5 Å². The van der Waals surface area contributed by atoms with E-state index >= 15 is 0 Å². The van der Waals surface area contributed by atoms with Crippen molar-refractivity contribution in [2.24, 2.45) is 10.9 Å². The van der Waals surface area contributed by atoms with Gasteiger partial charge >= 0.3 is 0 Å². The van der Waals surface area contributed by atoms with Crippen LogP contribution in [0.4, 0.5) is 0 Å². The first-order chi connectivity index (χ1) is 9.72. The lowest BCUT2D eigenvalue weighted by Crippen LogP contribution is -2.15. The Morgan fingerprint density at radius 1 is 1.30 bits per heavy atom. The van der Waals surface area contributed by atoms with E-state index in [1.54, 1.807) is 6.20 Å². The fourth-order valence-corrected chi connectivity index (χ4v) is 3.85. The van der Waals surface area contributed by atoms with Crippen molar-refractivity contribution in [1.82, 2.24) is 4.98 Å². The van der Waals surface area contributed by atoms with Crippen molar-refractivity contribution < 1.29 is 4.74 Å². The molecular formula is C15H18BrClN2O. The summed E-state index contributed by atoms with van der Waals surface area (Å²) < 4.78 is 6.56. The van der Waals surface area contributed by atoms with E-state index in [0.717, 1.165) is 22.5 Å². The number of ether oxygens (including phenoxy) is 1. The predicted octanol–water partition coefficient (Wildman–Crippen LogP) is 4.61. The van der Waals surface area contributed by atoms with Crippen LogP contribution in [0.5, 0.6) is 0 Å². The minimum Gasteiger partial charge on any atom is -0.474 e.